The monoisotopic (exact) mass is 281 g/mol. The molecule has 2 aliphatic rings. The Labute approximate surface area is 123 Å². The second-order valence-corrected chi connectivity index (χ2v) is 6.32. The van der Waals surface area contributed by atoms with Crippen LogP contribution >= 0.6 is 0 Å². The van der Waals surface area contributed by atoms with Gasteiger partial charge in [0.2, 0.25) is 5.91 Å². The van der Waals surface area contributed by atoms with Crippen molar-refractivity contribution in [2.24, 2.45) is 5.92 Å². The Balaban J connectivity index is 1.90. The Morgan fingerprint density at radius 2 is 2.00 bits per heavy atom. The molecule has 1 heterocycles. The highest BCUT2D eigenvalue weighted by Gasteiger charge is 2.34. The maximum absolute atomic E-state index is 12.2. The van der Waals surface area contributed by atoms with Crippen molar-refractivity contribution in [2.75, 3.05) is 26.2 Å². The van der Waals surface area contributed by atoms with Gasteiger partial charge in [-0.2, -0.15) is 0 Å². The number of rotatable bonds is 5. The summed E-state index contributed by atoms with van der Waals surface area (Å²) >= 11 is 0. The summed E-state index contributed by atoms with van der Waals surface area (Å²) < 4.78 is 0. The topological polar surface area (TPSA) is 44.4 Å². The summed E-state index contributed by atoms with van der Waals surface area (Å²) in [6.07, 6.45) is 7.95. The van der Waals surface area contributed by atoms with Crippen molar-refractivity contribution in [1.29, 1.82) is 0 Å². The summed E-state index contributed by atoms with van der Waals surface area (Å²) in [5.74, 6) is 1.14. The zero-order valence-corrected chi connectivity index (χ0v) is 13.2. The number of nitrogens with one attached hydrogen (secondary N) is 2. The molecule has 0 aromatic carbocycles. The molecule has 2 rings (SSSR count). The molecule has 0 radical (unpaired) electrons. The van der Waals surface area contributed by atoms with Crippen molar-refractivity contribution in [3.63, 3.8) is 0 Å². The van der Waals surface area contributed by atoms with Gasteiger partial charge in [-0.25, -0.2) is 0 Å². The molecule has 1 atom stereocenters. The second kappa shape index (κ2) is 7.99. The minimum absolute atomic E-state index is 0.0384. The maximum Gasteiger partial charge on any atom is 0.238 e. The van der Waals surface area contributed by atoms with Gasteiger partial charge in [0.05, 0.1) is 0 Å². The largest absolute Gasteiger partial charge is 0.355 e. The highest BCUT2D eigenvalue weighted by Crippen LogP contribution is 2.31. The summed E-state index contributed by atoms with van der Waals surface area (Å²) in [6.45, 7) is 7.85. The lowest BCUT2D eigenvalue weighted by Gasteiger charge is -2.43. The molecule has 1 aliphatic heterocycles. The zero-order valence-electron chi connectivity index (χ0n) is 13.2. The van der Waals surface area contributed by atoms with Crippen molar-refractivity contribution < 1.29 is 4.79 Å². The smallest absolute Gasteiger partial charge is 0.238 e. The standard InChI is InChI=1S/C16H31N3O/c1-3-5-13-6-8-14(9-7-13)19-11-10-17-12-15(19)16(20)18-4-2/h13-15,17H,3-12H2,1-2H3,(H,18,20). The van der Waals surface area contributed by atoms with Crippen molar-refractivity contribution >= 4 is 5.91 Å². The minimum atomic E-state index is 0.0384. The van der Waals surface area contributed by atoms with E-state index in [0.717, 1.165) is 32.1 Å². The van der Waals surface area contributed by atoms with E-state index in [4.69, 9.17) is 0 Å². The molecule has 1 saturated carbocycles. The SMILES string of the molecule is CCCC1CCC(N2CCNCC2C(=O)NCC)CC1. The number of likely N-dealkylation sites (N-methyl/N-ethyl adjacent to an activating group) is 1. The van der Waals surface area contributed by atoms with E-state index in [9.17, 15) is 4.79 Å². The number of amides is 1. The lowest BCUT2D eigenvalue weighted by molar-refractivity contribution is -0.128. The molecule has 20 heavy (non-hydrogen) atoms. The van der Waals surface area contributed by atoms with E-state index in [1.165, 1.54) is 38.5 Å². The third-order valence-corrected chi connectivity index (χ3v) is 4.92. The van der Waals surface area contributed by atoms with Gasteiger partial charge in [-0.1, -0.05) is 19.8 Å². The van der Waals surface area contributed by atoms with Crippen LogP contribution in [0.3, 0.4) is 0 Å². The summed E-state index contributed by atoms with van der Waals surface area (Å²) in [6, 6.07) is 0.661. The van der Waals surface area contributed by atoms with Gasteiger partial charge in [0.1, 0.15) is 6.04 Å². The van der Waals surface area contributed by atoms with Crippen LogP contribution in [0.4, 0.5) is 0 Å². The van der Waals surface area contributed by atoms with Crippen molar-refractivity contribution in [3.05, 3.63) is 0 Å². The molecule has 116 valence electrons. The Morgan fingerprint density at radius 3 is 2.65 bits per heavy atom. The number of hydrogen-bond donors (Lipinski definition) is 2. The lowest BCUT2D eigenvalue weighted by atomic mass is 9.82. The van der Waals surface area contributed by atoms with Gasteiger partial charge in [-0.05, 0) is 38.5 Å². The van der Waals surface area contributed by atoms with Crippen molar-refractivity contribution in [3.8, 4) is 0 Å². The summed E-state index contributed by atoms with van der Waals surface area (Å²) in [5, 5.41) is 6.36. The first-order valence-electron chi connectivity index (χ1n) is 8.50. The molecule has 2 N–H and O–H groups in total. The van der Waals surface area contributed by atoms with E-state index in [0.29, 0.717) is 6.04 Å². The third-order valence-electron chi connectivity index (χ3n) is 4.92. The van der Waals surface area contributed by atoms with Crippen LogP contribution in [0.1, 0.15) is 52.4 Å². The number of hydrogen-bond acceptors (Lipinski definition) is 3. The molecule has 0 aromatic heterocycles. The number of carbonyl (C=O) groups is 1. The number of carbonyl (C=O) groups excluding carboxylic acids is 1. The molecule has 1 saturated heterocycles. The highest BCUT2D eigenvalue weighted by molar-refractivity contribution is 5.82. The fourth-order valence-electron chi connectivity index (χ4n) is 3.87. The molecule has 1 aliphatic carbocycles. The third kappa shape index (κ3) is 3.95. The Bertz CT molecular complexity index is 300. The van der Waals surface area contributed by atoms with Crippen LogP contribution in [0.15, 0.2) is 0 Å². The zero-order chi connectivity index (χ0) is 14.4. The molecule has 4 heteroatoms. The Morgan fingerprint density at radius 1 is 1.25 bits per heavy atom. The van der Waals surface area contributed by atoms with Crippen LogP contribution in [0.25, 0.3) is 0 Å². The second-order valence-electron chi connectivity index (χ2n) is 6.32. The van der Waals surface area contributed by atoms with Gasteiger partial charge in [-0.15, -0.1) is 0 Å². The molecule has 2 fully saturated rings. The summed E-state index contributed by atoms with van der Waals surface area (Å²) in [4.78, 5) is 14.7. The normalized spacial score (nSPS) is 32.0. The Hall–Kier alpha value is -0.610. The van der Waals surface area contributed by atoms with E-state index in [-0.39, 0.29) is 11.9 Å². The predicted octanol–water partition coefficient (Wildman–Crippen LogP) is 1.76. The van der Waals surface area contributed by atoms with Crippen LogP contribution in [-0.4, -0.2) is 49.1 Å². The van der Waals surface area contributed by atoms with Gasteiger partial charge in [0.15, 0.2) is 0 Å². The van der Waals surface area contributed by atoms with Crippen molar-refractivity contribution in [2.45, 2.75) is 64.5 Å². The van der Waals surface area contributed by atoms with Crippen molar-refractivity contribution in [1.82, 2.24) is 15.5 Å². The number of piperazine rings is 1. The molecule has 0 spiro atoms. The molecule has 1 amide bonds. The molecule has 4 nitrogen and oxygen atoms in total. The van der Waals surface area contributed by atoms with Gasteiger partial charge in [0, 0.05) is 32.2 Å². The van der Waals surface area contributed by atoms with Gasteiger partial charge >= 0.3 is 0 Å². The summed E-state index contributed by atoms with van der Waals surface area (Å²) in [7, 11) is 0. The maximum atomic E-state index is 12.2. The average molecular weight is 281 g/mol. The summed E-state index contributed by atoms with van der Waals surface area (Å²) in [5.41, 5.74) is 0. The molecule has 1 unspecified atom stereocenters. The molecular weight excluding hydrogens is 250 g/mol. The first-order valence-corrected chi connectivity index (χ1v) is 8.50. The van der Waals surface area contributed by atoms with Gasteiger partial charge in [0.25, 0.3) is 0 Å². The predicted molar refractivity (Wildman–Crippen MR) is 82.7 cm³/mol. The van der Waals surface area contributed by atoms with E-state index in [1.54, 1.807) is 0 Å². The fraction of sp³-hybridized carbons (Fsp3) is 0.938. The van der Waals surface area contributed by atoms with E-state index >= 15 is 0 Å². The fourth-order valence-corrected chi connectivity index (χ4v) is 3.87. The van der Waals surface area contributed by atoms with Gasteiger partial charge < -0.3 is 10.6 Å². The lowest BCUT2D eigenvalue weighted by Crippen LogP contribution is -2.61. The first-order chi connectivity index (χ1) is 9.76. The van der Waals surface area contributed by atoms with Crippen LogP contribution in [0.2, 0.25) is 0 Å². The highest BCUT2D eigenvalue weighted by atomic mass is 16.2. The molecule has 0 bridgehead atoms. The van der Waals surface area contributed by atoms with Crippen LogP contribution in [0, 0.1) is 5.92 Å². The van der Waals surface area contributed by atoms with E-state index < -0.39 is 0 Å². The first kappa shape index (κ1) is 15.8. The Kier molecular flexibility index (Phi) is 6.30. The average Bonchev–Trinajstić information content (AvgIpc) is 2.49. The molecule has 0 aromatic rings. The number of nitrogens with zero attached hydrogens (tertiary/aromatic N) is 1. The quantitative estimate of drug-likeness (QED) is 0.807. The van der Waals surface area contributed by atoms with Crippen LogP contribution < -0.4 is 10.6 Å². The van der Waals surface area contributed by atoms with Gasteiger partial charge in [-0.3, -0.25) is 9.69 Å². The van der Waals surface area contributed by atoms with Crippen LogP contribution in [-0.2, 0) is 4.79 Å². The van der Waals surface area contributed by atoms with E-state index in [2.05, 4.69) is 22.5 Å². The molecular formula is C16H31N3O. The van der Waals surface area contributed by atoms with E-state index in [1.807, 2.05) is 6.92 Å². The van der Waals surface area contributed by atoms with Crippen LogP contribution in [0.5, 0.6) is 0 Å². The minimum Gasteiger partial charge on any atom is -0.355 e.